The molecule has 0 saturated carbocycles. The van der Waals surface area contributed by atoms with Crippen LogP contribution in [0, 0.1) is 13.8 Å². The van der Waals surface area contributed by atoms with E-state index in [2.05, 4.69) is 15.5 Å². The maximum atomic E-state index is 12.6. The lowest BCUT2D eigenvalue weighted by molar-refractivity contribution is 0.102. The number of ether oxygens (including phenoxy) is 2. The first-order chi connectivity index (χ1) is 15.5. The fraction of sp³-hybridized carbons (Fsp3) is 0.208. The molecular weight excluding hydrogens is 406 g/mol. The molecule has 0 radical (unpaired) electrons. The Kier molecular flexibility index (Phi) is 6.21. The molecule has 0 aliphatic heterocycles. The number of methoxy groups -OCH3 is 1. The van der Waals surface area contributed by atoms with E-state index in [1.54, 1.807) is 24.1 Å². The topological polar surface area (TPSA) is 83.2 Å². The van der Waals surface area contributed by atoms with Crippen LogP contribution in [0.1, 0.15) is 27.4 Å². The van der Waals surface area contributed by atoms with Crippen molar-refractivity contribution in [1.82, 2.24) is 19.6 Å². The number of carbonyl (C=O) groups is 1. The maximum absolute atomic E-state index is 12.6. The van der Waals surface area contributed by atoms with Gasteiger partial charge in [-0.25, -0.2) is 4.68 Å². The minimum absolute atomic E-state index is 0.192. The second-order valence-electron chi connectivity index (χ2n) is 7.43. The van der Waals surface area contributed by atoms with Gasteiger partial charge in [0, 0.05) is 17.6 Å². The first-order valence-electron chi connectivity index (χ1n) is 10.2. The number of hydrogen-bond acceptors (Lipinski definition) is 5. The van der Waals surface area contributed by atoms with Crippen molar-refractivity contribution < 1.29 is 14.3 Å². The Hall–Kier alpha value is -4.07. The SMILES string of the molecule is COc1ccc(OCn2ccc(C(=O)Nc3cccc(Cn4nc(C)cc4C)c3)n2)cc1. The summed E-state index contributed by atoms with van der Waals surface area (Å²) < 4.78 is 14.3. The second kappa shape index (κ2) is 9.38. The zero-order chi connectivity index (χ0) is 22.5. The van der Waals surface area contributed by atoms with Gasteiger partial charge < -0.3 is 14.8 Å². The number of rotatable bonds is 8. The van der Waals surface area contributed by atoms with E-state index >= 15 is 0 Å². The molecule has 8 heteroatoms. The van der Waals surface area contributed by atoms with Crippen molar-refractivity contribution in [3.8, 4) is 11.5 Å². The number of nitrogens with zero attached hydrogens (tertiary/aromatic N) is 4. The summed E-state index contributed by atoms with van der Waals surface area (Å²) in [5.41, 5.74) is 4.15. The molecule has 164 valence electrons. The molecule has 32 heavy (non-hydrogen) atoms. The van der Waals surface area contributed by atoms with E-state index in [0.29, 0.717) is 23.7 Å². The first kappa shape index (κ1) is 21.2. The average molecular weight is 431 g/mol. The molecule has 1 N–H and O–H groups in total. The number of hydrogen-bond donors (Lipinski definition) is 1. The molecule has 4 aromatic rings. The molecule has 4 rings (SSSR count). The van der Waals surface area contributed by atoms with E-state index in [1.807, 2.05) is 73.1 Å². The van der Waals surface area contributed by atoms with Gasteiger partial charge in [-0.15, -0.1) is 0 Å². The summed E-state index contributed by atoms with van der Waals surface area (Å²) in [6.45, 7) is 4.83. The molecule has 0 unspecified atom stereocenters. The van der Waals surface area contributed by atoms with Gasteiger partial charge in [0.1, 0.15) is 11.5 Å². The van der Waals surface area contributed by atoms with E-state index < -0.39 is 0 Å². The van der Waals surface area contributed by atoms with Crippen LogP contribution in [0.2, 0.25) is 0 Å². The minimum atomic E-state index is -0.281. The van der Waals surface area contributed by atoms with Crippen LogP contribution in [0.25, 0.3) is 0 Å². The highest BCUT2D eigenvalue weighted by atomic mass is 16.5. The van der Waals surface area contributed by atoms with Gasteiger partial charge in [-0.1, -0.05) is 12.1 Å². The fourth-order valence-corrected chi connectivity index (χ4v) is 3.32. The van der Waals surface area contributed by atoms with E-state index in [1.165, 1.54) is 0 Å². The van der Waals surface area contributed by atoms with Crippen molar-refractivity contribution >= 4 is 11.6 Å². The first-order valence-corrected chi connectivity index (χ1v) is 10.2. The van der Waals surface area contributed by atoms with Crippen molar-refractivity contribution in [1.29, 1.82) is 0 Å². The Morgan fingerprint density at radius 2 is 1.78 bits per heavy atom. The van der Waals surface area contributed by atoms with Crippen LogP contribution in [0.3, 0.4) is 0 Å². The average Bonchev–Trinajstić information content (AvgIpc) is 3.39. The number of aromatic nitrogens is 4. The number of aryl methyl sites for hydroxylation is 2. The number of amides is 1. The summed E-state index contributed by atoms with van der Waals surface area (Å²) in [6.07, 6.45) is 1.71. The van der Waals surface area contributed by atoms with Gasteiger partial charge in [-0.2, -0.15) is 10.2 Å². The Morgan fingerprint density at radius 3 is 2.50 bits per heavy atom. The number of benzene rings is 2. The molecule has 0 spiro atoms. The molecule has 0 saturated heterocycles. The molecule has 0 bridgehead atoms. The van der Waals surface area contributed by atoms with E-state index in [0.717, 1.165) is 22.7 Å². The van der Waals surface area contributed by atoms with Gasteiger partial charge in [0.2, 0.25) is 0 Å². The highest BCUT2D eigenvalue weighted by molar-refractivity contribution is 6.02. The van der Waals surface area contributed by atoms with Crippen molar-refractivity contribution in [2.24, 2.45) is 0 Å². The highest BCUT2D eigenvalue weighted by Gasteiger charge is 2.11. The zero-order valence-electron chi connectivity index (χ0n) is 18.3. The third kappa shape index (κ3) is 5.15. The molecule has 1 amide bonds. The van der Waals surface area contributed by atoms with Gasteiger partial charge in [-0.05, 0) is 67.9 Å². The van der Waals surface area contributed by atoms with Crippen molar-refractivity contribution in [2.75, 3.05) is 12.4 Å². The Bertz CT molecular complexity index is 1210. The monoisotopic (exact) mass is 431 g/mol. The summed E-state index contributed by atoms with van der Waals surface area (Å²) >= 11 is 0. The summed E-state index contributed by atoms with van der Waals surface area (Å²) in [6, 6.07) is 18.7. The molecular formula is C24H25N5O3. The third-order valence-corrected chi connectivity index (χ3v) is 4.92. The molecule has 0 aliphatic rings. The fourth-order valence-electron chi connectivity index (χ4n) is 3.32. The molecule has 0 fully saturated rings. The maximum Gasteiger partial charge on any atom is 0.276 e. The highest BCUT2D eigenvalue weighted by Crippen LogP contribution is 2.18. The molecule has 0 aliphatic carbocycles. The molecule has 2 aromatic carbocycles. The molecule has 0 atom stereocenters. The van der Waals surface area contributed by atoms with Crippen LogP contribution in [-0.4, -0.2) is 32.6 Å². The van der Waals surface area contributed by atoms with E-state index in [-0.39, 0.29) is 12.6 Å². The van der Waals surface area contributed by atoms with Crippen molar-refractivity contribution in [2.45, 2.75) is 27.1 Å². The van der Waals surface area contributed by atoms with Crippen molar-refractivity contribution in [3.05, 3.63) is 89.5 Å². The summed E-state index contributed by atoms with van der Waals surface area (Å²) in [5, 5.41) is 11.7. The van der Waals surface area contributed by atoms with Crippen LogP contribution >= 0.6 is 0 Å². The summed E-state index contributed by atoms with van der Waals surface area (Å²) in [5.74, 6) is 1.16. The van der Waals surface area contributed by atoms with Gasteiger partial charge in [0.05, 0.1) is 19.3 Å². The number of nitrogens with one attached hydrogen (secondary N) is 1. The lowest BCUT2D eigenvalue weighted by atomic mass is 10.2. The van der Waals surface area contributed by atoms with Gasteiger partial charge in [0.25, 0.3) is 5.91 Å². The van der Waals surface area contributed by atoms with Crippen LogP contribution in [0.4, 0.5) is 5.69 Å². The Morgan fingerprint density at radius 1 is 1.00 bits per heavy atom. The molecule has 2 aromatic heterocycles. The van der Waals surface area contributed by atoms with Gasteiger partial charge >= 0.3 is 0 Å². The smallest absolute Gasteiger partial charge is 0.276 e. The lowest BCUT2D eigenvalue weighted by Gasteiger charge is -2.08. The number of anilines is 1. The largest absolute Gasteiger partial charge is 0.497 e. The summed E-state index contributed by atoms with van der Waals surface area (Å²) in [7, 11) is 1.61. The summed E-state index contributed by atoms with van der Waals surface area (Å²) in [4.78, 5) is 12.6. The quantitative estimate of drug-likeness (QED) is 0.455. The lowest BCUT2D eigenvalue weighted by Crippen LogP contribution is -2.14. The molecule has 2 heterocycles. The van der Waals surface area contributed by atoms with Crippen LogP contribution in [0.15, 0.2) is 66.9 Å². The standard InChI is InChI=1S/C24H25N5O3/c1-17-13-18(2)29(26-17)15-19-5-4-6-20(14-19)25-24(30)23-11-12-28(27-23)16-32-22-9-7-21(31-3)8-10-22/h4-14H,15-16H2,1-3H3,(H,25,30). The Labute approximate surface area is 186 Å². The zero-order valence-corrected chi connectivity index (χ0v) is 18.3. The molecule has 8 nitrogen and oxygen atoms in total. The predicted octanol–water partition coefficient (Wildman–Crippen LogP) is 4.04. The third-order valence-electron chi connectivity index (χ3n) is 4.92. The van der Waals surface area contributed by atoms with Gasteiger partial charge in [0.15, 0.2) is 12.4 Å². The van der Waals surface area contributed by atoms with Gasteiger partial charge in [-0.3, -0.25) is 9.48 Å². The minimum Gasteiger partial charge on any atom is -0.497 e. The predicted molar refractivity (Wildman–Crippen MR) is 121 cm³/mol. The number of carbonyl (C=O) groups excluding carboxylic acids is 1. The van der Waals surface area contributed by atoms with Crippen molar-refractivity contribution in [3.63, 3.8) is 0 Å². The normalized spacial score (nSPS) is 10.7. The van der Waals surface area contributed by atoms with Crippen LogP contribution in [0.5, 0.6) is 11.5 Å². The van der Waals surface area contributed by atoms with E-state index in [4.69, 9.17) is 9.47 Å². The Balaban J connectivity index is 1.36. The van der Waals surface area contributed by atoms with Crippen LogP contribution < -0.4 is 14.8 Å². The van der Waals surface area contributed by atoms with E-state index in [9.17, 15) is 4.79 Å². The van der Waals surface area contributed by atoms with Crippen LogP contribution in [-0.2, 0) is 13.3 Å². The second-order valence-corrected chi connectivity index (χ2v) is 7.43.